The van der Waals surface area contributed by atoms with Crippen LogP contribution in [0.2, 0.25) is 0 Å². The van der Waals surface area contributed by atoms with E-state index in [9.17, 15) is 17.4 Å². The Kier molecular flexibility index (Phi) is 4.19. The Morgan fingerprint density at radius 1 is 1.35 bits per heavy atom. The first kappa shape index (κ1) is 14.0. The lowest BCUT2D eigenvalue weighted by atomic mass is 10.2. The first-order chi connectivity index (χ1) is 7.71. The van der Waals surface area contributed by atoms with Crippen LogP contribution in [0.1, 0.15) is 19.4 Å². The minimum Gasteiger partial charge on any atom is -0.398 e. The van der Waals surface area contributed by atoms with Crippen molar-refractivity contribution in [3.63, 3.8) is 0 Å². The summed E-state index contributed by atoms with van der Waals surface area (Å²) in [6.45, 7) is 3.77. The summed E-state index contributed by atoms with van der Waals surface area (Å²) < 4.78 is 48.9. The molecule has 1 atom stereocenters. The van der Waals surface area contributed by atoms with E-state index >= 15 is 0 Å². The van der Waals surface area contributed by atoms with Gasteiger partial charge >= 0.3 is 6.18 Å². The molecular formula is C11H14F3NOS. The van der Waals surface area contributed by atoms with Crippen LogP contribution in [0, 0.1) is 5.92 Å². The molecule has 0 saturated heterocycles. The Balaban J connectivity index is 3.02. The molecule has 0 fully saturated rings. The second kappa shape index (κ2) is 5.08. The fourth-order valence-electron chi connectivity index (χ4n) is 1.32. The van der Waals surface area contributed by atoms with Crippen molar-refractivity contribution in [2.45, 2.75) is 24.9 Å². The van der Waals surface area contributed by atoms with Crippen LogP contribution in [0.5, 0.6) is 0 Å². The van der Waals surface area contributed by atoms with E-state index in [1.165, 1.54) is 6.07 Å². The van der Waals surface area contributed by atoms with E-state index in [-0.39, 0.29) is 16.5 Å². The maximum atomic E-state index is 12.4. The molecule has 96 valence electrons. The number of rotatable bonds is 3. The molecule has 17 heavy (non-hydrogen) atoms. The van der Waals surface area contributed by atoms with Crippen molar-refractivity contribution in [3.8, 4) is 0 Å². The lowest BCUT2D eigenvalue weighted by Gasteiger charge is -2.11. The van der Waals surface area contributed by atoms with Gasteiger partial charge in [-0.1, -0.05) is 13.8 Å². The highest BCUT2D eigenvalue weighted by molar-refractivity contribution is 7.85. The van der Waals surface area contributed by atoms with Gasteiger partial charge in [-0.05, 0) is 24.1 Å². The smallest absolute Gasteiger partial charge is 0.398 e. The van der Waals surface area contributed by atoms with Gasteiger partial charge in [0.15, 0.2) is 0 Å². The lowest BCUT2D eigenvalue weighted by molar-refractivity contribution is -0.137. The lowest BCUT2D eigenvalue weighted by Crippen LogP contribution is -2.10. The van der Waals surface area contributed by atoms with Crippen molar-refractivity contribution < 1.29 is 17.4 Å². The van der Waals surface area contributed by atoms with Gasteiger partial charge in [-0.3, -0.25) is 4.21 Å². The van der Waals surface area contributed by atoms with E-state index < -0.39 is 22.5 Å². The molecule has 2 N–H and O–H groups in total. The highest BCUT2D eigenvalue weighted by atomic mass is 32.2. The van der Waals surface area contributed by atoms with Crippen LogP contribution in [0.15, 0.2) is 23.1 Å². The fourth-order valence-corrected chi connectivity index (χ4v) is 2.65. The number of nitrogens with two attached hydrogens (primary N) is 1. The van der Waals surface area contributed by atoms with Gasteiger partial charge in [0.05, 0.1) is 21.3 Å². The maximum absolute atomic E-state index is 12.4. The second-order valence-electron chi connectivity index (χ2n) is 4.16. The molecule has 0 amide bonds. The first-order valence-electron chi connectivity index (χ1n) is 5.07. The second-order valence-corrected chi connectivity index (χ2v) is 5.62. The molecule has 1 aromatic rings. The highest BCUT2D eigenvalue weighted by Gasteiger charge is 2.31. The van der Waals surface area contributed by atoms with Crippen LogP contribution in [0.25, 0.3) is 0 Å². The summed E-state index contributed by atoms with van der Waals surface area (Å²) in [5.41, 5.74) is 4.61. The number of alkyl halides is 3. The Labute approximate surface area is 100 Å². The Bertz CT molecular complexity index is 429. The van der Waals surface area contributed by atoms with Crippen LogP contribution >= 0.6 is 0 Å². The molecule has 2 nitrogen and oxygen atoms in total. The van der Waals surface area contributed by atoms with Crippen LogP contribution < -0.4 is 5.73 Å². The number of hydrogen-bond donors (Lipinski definition) is 1. The maximum Gasteiger partial charge on any atom is 0.416 e. The quantitative estimate of drug-likeness (QED) is 0.853. The third kappa shape index (κ3) is 3.73. The summed E-state index contributed by atoms with van der Waals surface area (Å²) in [5.74, 6) is 0.577. The van der Waals surface area contributed by atoms with Gasteiger partial charge in [0.25, 0.3) is 0 Å². The number of hydrogen-bond acceptors (Lipinski definition) is 2. The molecular weight excluding hydrogens is 251 g/mol. The molecule has 0 aliphatic heterocycles. The highest BCUT2D eigenvalue weighted by Crippen LogP contribution is 2.32. The molecule has 0 aliphatic rings. The normalized spacial score (nSPS) is 14.0. The van der Waals surface area contributed by atoms with Gasteiger partial charge < -0.3 is 5.73 Å². The number of anilines is 1. The van der Waals surface area contributed by atoms with E-state index in [4.69, 9.17) is 5.73 Å². The molecule has 0 spiro atoms. The molecule has 0 aromatic heterocycles. The zero-order chi connectivity index (χ0) is 13.2. The van der Waals surface area contributed by atoms with Gasteiger partial charge in [0.2, 0.25) is 0 Å². The van der Waals surface area contributed by atoms with Crippen LogP contribution in [-0.2, 0) is 17.0 Å². The largest absolute Gasteiger partial charge is 0.416 e. The molecule has 1 rings (SSSR count). The summed E-state index contributed by atoms with van der Waals surface area (Å²) in [4.78, 5) is 0.270. The third-order valence-electron chi connectivity index (χ3n) is 2.07. The molecule has 0 heterocycles. The predicted molar refractivity (Wildman–Crippen MR) is 62.0 cm³/mol. The van der Waals surface area contributed by atoms with Gasteiger partial charge in [0, 0.05) is 11.4 Å². The summed E-state index contributed by atoms with van der Waals surface area (Å²) in [5, 5.41) is 0. The number of halogens is 3. The molecule has 0 bridgehead atoms. The molecule has 0 aliphatic carbocycles. The van der Waals surface area contributed by atoms with Crippen molar-refractivity contribution in [1.29, 1.82) is 0 Å². The van der Waals surface area contributed by atoms with Gasteiger partial charge in [-0.2, -0.15) is 13.2 Å². The zero-order valence-corrected chi connectivity index (χ0v) is 10.4. The summed E-state index contributed by atoms with van der Waals surface area (Å²) in [7, 11) is -1.35. The molecule has 0 saturated carbocycles. The topological polar surface area (TPSA) is 43.1 Å². The van der Waals surface area contributed by atoms with E-state index in [0.717, 1.165) is 12.1 Å². The van der Waals surface area contributed by atoms with Crippen molar-refractivity contribution in [2.24, 2.45) is 5.92 Å². The fraction of sp³-hybridized carbons (Fsp3) is 0.455. The van der Waals surface area contributed by atoms with E-state index in [1.807, 2.05) is 13.8 Å². The van der Waals surface area contributed by atoms with Crippen LogP contribution in [0.4, 0.5) is 18.9 Å². The van der Waals surface area contributed by atoms with Gasteiger partial charge in [-0.25, -0.2) is 0 Å². The van der Waals surface area contributed by atoms with Gasteiger partial charge in [-0.15, -0.1) is 0 Å². The average molecular weight is 265 g/mol. The zero-order valence-electron chi connectivity index (χ0n) is 9.54. The van der Waals surface area contributed by atoms with E-state index in [2.05, 4.69) is 0 Å². The summed E-state index contributed by atoms with van der Waals surface area (Å²) >= 11 is 0. The predicted octanol–water partition coefficient (Wildman–Crippen LogP) is 3.05. The summed E-state index contributed by atoms with van der Waals surface area (Å²) in [6.07, 6.45) is -4.42. The molecule has 0 radical (unpaired) electrons. The molecule has 1 aromatic carbocycles. The number of nitrogen functional groups attached to an aromatic ring is 1. The van der Waals surface area contributed by atoms with Crippen molar-refractivity contribution in [2.75, 3.05) is 11.5 Å². The van der Waals surface area contributed by atoms with E-state index in [1.54, 1.807) is 0 Å². The standard InChI is InChI=1S/C11H14F3NOS/c1-7(2)6-17(16)10-4-3-8(5-9(10)15)11(12,13)14/h3-5,7H,6,15H2,1-2H3. The van der Waals surface area contributed by atoms with Crippen molar-refractivity contribution >= 4 is 16.5 Å². The Morgan fingerprint density at radius 3 is 2.35 bits per heavy atom. The first-order valence-corrected chi connectivity index (χ1v) is 6.39. The minimum absolute atomic E-state index is 0.0705. The van der Waals surface area contributed by atoms with E-state index in [0.29, 0.717) is 5.75 Å². The third-order valence-corrected chi connectivity index (χ3v) is 3.90. The number of benzene rings is 1. The van der Waals surface area contributed by atoms with Gasteiger partial charge in [0.1, 0.15) is 0 Å². The molecule has 1 unspecified atom stereocenters. The van der Waals surface area contributed by atoms with Crippen molar-refractivity contribution in [1.82, 2.24) is 0 Å². The monoisotopic (exact) mass is 265 g/mol. The minimum atomic E-state index is -4.42. The summed E-state index contributed by atoms with van der Waals surface area (Å²) in [6, 6.07) is 2.92. The van der Waals surface area contributed by atoms with Crippen LogP contribution in [-0.4, -0.2) is 9.96 Å². The van der Waals surface area contributed by atoms with Crippen molar-refractivity contribution in [3.05, 3.63) is 23.8 Å². The Hall–Kier alpha value is -1.04. The SMILES string of the molecule is CC(C)CS(=O)c1ccc(C(F)(F)F)cc1N. The van der Waals surface area contributed by atoms with Crippen LogP contribution in [0.3, 0.4) is 0 Å². The average Bonchev–Trinajstić information content (AvgIpc) is 2.14. The Morgan fingerprint density at radius 2 is 1.94 bits per heavy atom. The molecule has 6 heteroatoms.